The highest BCUT2D eigenvalue weighted by Crippen LogP contribution is 2.14. The second-order valence-electron chi connectivity index (χ2n) is 2.86. The van der Waals surface area contributed by atoms with Gasteiger partial charge in [0.15, 0.2) is 5.65 Å². The molecule has 0 amide bonds. The normalized spacial score (nSPS) is 11.0. The SMILES string of the molecule is Cc1nc(CCl)nc2c1cnn2C. The summed E-state index contributed by atoms with van der Waals surface area (Å²) in [7, 11) is 1.85. The summed E-state index contributed by atoms with van der Waals surface area (Å²) in [4.78, 5) is 8.51. The minimum atomic E-state index is 0.335. The fourth-order valence-electron chi connectivity index (χ4n) is 1.28. The van der Waals surface area contributed by atoms with Crippen LogP contribution >= 0.6 is 11.6 Å². The lowest BCUT2D eigenvalue weighted by atomic mass is 10.3. The second kappa shape index (κ2) is 2.96. The molecule has 0 radical (unpaired) electrons. The molecule has 0 aliphatic carbocycles. The third-order valence-corrected chi connectivity index (χ3v) is 2.19. The summed E-state index contributed by atoms with van der Waals surface area (Å²) in [5, 5.41) is 5.09. The molecule has 68 valence electrons. The van der Waals surface area contributed by atoms with Crippen molar-refractivity contribution < 1.29 is 0 Å². The summed E-state index contributed by atoms with van der Waals surface area (Å²) in [6.45, 7) is 1.93. The quantitative estimate of drug-likeness (QED) is 0.648. The van der Waals surface area contributed by atoms with Crippen molar-refractivity contribution in [2.45, 2.75) is 12.8 Å². The van der Waals surface area contributed by atoms with Crippen LogP contribution in [0.2, 0.25) is 0 Å². The zero-order valence-electron chi connectivity index (χ0n) is 7.45. The number of nitrogens with zero attached hydrogens (tertiary/aromatic N) is 4. The Hall–Kier alpha value is -1.16. The van der Waals surface area contributed by atoms with E-state index in [1.807, 2.05) is 14.0 Å². The monoisotopic (exact) mass is 196 g/mol. The van der Waals surface area contributed by atoms with Crippen molar-refractivity contribution in [3.05, 3.63) is 17.7 Å². The molecule has 2 heterocycles. The first-order chi connectivity index (χ1) is 6.22. The van der Waals surface area contributed by atoms with Crippen LogP contribution in [0.15, 0.2) is 6.20 Å². The summed E-state index contributed by atoms with van der Waals surface area (Å²) in [5.74, 6) is 0.984. The van der Waals surface area contributed by atoms with Crippen LogP contribution in [0, 0.1) is 6.92 Å². The van der Waals surface area contributed by atoms with Crippen LogP contribution in [-0.4, -0.2) is 19.7 Å². The second-order valence-corrected chi connectivity index (χ2v) is 3.13. The number of aryl methyl sites for hydroxylation is 2. The van der Waals surface area contributed by atoms with Gasteiger partial charge >= 0.3 is 0 Å². The molecular weight excluding hydrogens is 188 g/mol. The summed E-state index contributed by atoms with van der Waals surface area (Å²) < 4.78 is 1.72. The van der Waals surface area contributed by atoms with Crippen LogP contribution in [0.25, 0.3) is 11.0 Å². The maximum atomic E-state index is 5.66. The molecule has 0 spiro atoms. The minimum absolute atomic E-state index is 0.335. The molecule has 0 atom stereocenters. The highest BCUT2D eigenvalue weighted by Gasteiger charge is 2.06. The average Bonchev–Trinajstić information content (AvgIpc) is 2.48. The molecule has 0 aromatic carbocycles. The highest BCUT2D eigenvalue weighted by atomic mass is 35.5. The number of aromatic nitrogens is 4. The van der Waals surface area contributed by atoms with E-state index in [1.165, 1.54) is 0 Å². The van der Waals surface area contributed by atoms with E-state index in [9.17, 15) is 0 Å². The number of fused-ring (bicyclic) bond motifs is 1. The number of hydrogen-bond donors (Lipinski definition) is 0. The Morgan fingerprint density at radius 1 is 1.46 bits per heavy atom. The van der Waals surface area contributed by atoms with Gasteiger partial charge in [-0.05, 0) is 6.92 Å². The lowest BCUT2D eigenvalue weighted by Crippen LogP contribution is -1.98. The zero-order chi connectivity index (χ0) is 9.42. The van der Waals surface area contributed by atoms with Crippen LogP contribution in [0.5, 0.6) is 0 Å². The van der Waals surface area contributed by atoms with E-state index in [4.69, 9.17) is 11.6 Å². The Morgan fingerprint density at radius 2 is 2.23 bits per heavy atom. The van der Waals surface area contributed by atoms with Crippen LogP contribution in [-0.2, 0) is 12.9 Å². The highest BCUT2D eigenvalue weighted by molar-refractivity contribution is 6.16. The van der Waals surface area contributed by atoms with Crippen molar-refractivity contribution in [2.24, 2.45) is 7.05 Å². The predicted molar refractivity (Wildman–Crippen MR) is 50.6 cm³/mol. The van der Waals surface area contributed by atoms with Crippen LogP contribution in [0.3, 0.4) is 0 Å². The molecule has 0 saturated heterocycles. The molecule has 2 rings (SSSR count). The number of hydrogen-bond acceptors (Lipinski definition) is 3. The first kappa shape index (κ1) is 8.44. The van der Waals surface area contributed by atoms with Crippen molar-refractivity contribution in [1.29, 1.82) is 0 Å². The number of halogens is 1. The van der Waals surface area contributed by atoms with Crippen LogP contribution in [0.4, 0.5) is 0 Å². The summed E-state index contributed by atoms with van der Waals surface area (Å²) in [5.41, 5.74) is 1.76. The number of alkyl halides is 1. The van der Waals surface area contributed by atoms with E-state index >= 15 is 0 Å². The molecule has 2 aromatic heterocycles. The van der Waals surface area contributed by atoms with Gasteiger partial charge in [-0.1, -0.05) is 0 Å². The van der Waals surface area contributed by atoms with Gasteiger partial charge in [0.05, 0.1) is 23.2 Å². The fourth-order valence-corrected chi connectivity index (χ4v) is 1.40. The van der Waals surface area contributed by atoms with Gasteiger partial charge in [-0.15, -0.1) is 11.6 Å². The van der Waals surface area contributed by atoms with E-state index in [-0.39, 0.29) is 0 Å². The van der Waals surface area contributed by atoms with E-state index in [1.54, 1.807) is 10.9 Å². The van der Waals surface area contributed by atoms with E-state index in [2.05, 4.69) is 15.1 Å². The third-order valence-electron chi connectivity index (χ3n) is 1.95. The first-order valence-electron chi connectivity index (χ1n) is 3.93. The van der Waals surface area contributed by atoms with Crippen molar-refractivity contribution >= 4 is 22.6 Å². The van der Waals surface area contributed by atoms with Gasteiger partial charge in [0, 0.05) is 7.05 Å². The molecule has 0 saturated carbocycles. The lowest BCUT2D eigenvalue weighted by molar-refractivity contribution is 0.782. The third kappa shape index (κ3) is 1.27. The Balaban J connectivity index is 2.80. The van der Waals surface area contributed by atoms with Crippen molar-refractivity contribution in [3.8, 4) is 0 Å². The van der Waals surface area contributed by atoms with E-state index in [0.29, 0.717) is 11.7 Å². The van der Waals surface area contributed by atoms with Gasteiger partial charge in [-0.2, -0.15) is 5.10 Å². The van der Waals surface area contributed by atoms with E-state index in [0.717, 1.165) is 16.7 Å². The van der Waals surface area contributed by atoms with Crippen molar-refractivity contribution in [2.75, 3.05) is 0 Å². The topological polar surface area (TPSA) is 43.6 Å². The van der Waals surface area contributed by atoms with Gasteiger partial charge in [-0.3, -0.25) is 4.68 Å². The fraction of sp³-hybridized carbons (Fsp3) is 0.375. The maximum absolute atomic E-state index is 5.66. The maximum Gasteiger partial charge on any atom is 0.161 e. The number of rotatable bonds is 1. The summed E-state index contributed by atoms with van der Waals surface area (Å²) in [6.07, 6.45) is 1.77. The van der Waals surface area contributed by atoms with Crippen LogP contribution < -0.4 is 0 Å². The lowest BCUT2D eigenvalue weighted by Gasteiger charge is -1.99. The average molecular weight is 197 g/mol. The van der Waals surface area contributed by atoms with Gasteiger partial charge in [0.2, 0.25) is 0 Å². The molecule has 2 aromatic rings. The standard InChI is InChI=1S/C8H9ClN4/c1-5-6-4-10-13(2)8(6)12-7(3-9)11-5/h4H,3H2,1-2H3. The molecule has 4 nitrogen and oxygen atoms in total. The molecule has 0 aliphatic heterocycles. The largest absolute Gasteiger partial charge is 0.250 e. The summed E-state index contributed by atoms with van der Waals surface area (Å²) >= 11 is 5.66. The minimum Gasteiger partial charge on any atom is -0.250 e. The van der Waals surface area contributed by atoms with Crippen molar-refractivity contribution in [1.82, 2.24) is 19.7 Å². The van der Waals surface area contributed by atoms with Gasteiger partial charge in [-0.25, -0.2) is 9.97 Å². The molecule has 0 aliphatic rings. The van der Waals surface area contributed by atoms with E-state index < -0.39 is 0 Å². The van der Waals surface area contributed by atoms with Crippen LogP contribution in [0.1, 0.15) is 11.5 Å². The molecule has 0 unspecified atom stereocenters. The molecule has 0 bridgehead atoms. The van der Waals surface area contributed by atoms with Gasteiger partial charge in [0.25, 0.3) is 0 Å². The molecular formula is C8H9ClN4. The Morgan fingerprint density at radius 3 is 2.92 bits per heavy atom. The van der Waals surface area contributed by atoms with Gasteiger partial charge < -0.3 is 0 Å². The predicted octanol–water partition coefficient (Wildman–Crippen LogP) is 1.41. The first-order valence-corrected chi connectivity index (χ1v) is 4.47. The summed E-state index contributed by atoms with van der Waals surface area (Å²) in [6, 6.07) is 0. The van der Waals surface area contributed by atoms with Gasteiger partial charge in [0.1, 0.15) is 5.82 Å². The smallest absolute Gasteiger partial charge is 0.161 e. The molecule has 0 N–H and O–H groups in total. The zero-order valence-corrected chi connectivity index (χ0v) is 8.21. The molecule has 5 heteroatoms. The van der Waals surface area contributed by atoms with Crippen molar-refractivity contribution in [3.63, 3.8) is 0 Å². The molecule has 0 fully saturated rings. The Labute approximate surface area is 80.6 Å². The molecule has 13 heavy (non-hydrogen) atoms. The Bertz CT molecular complexity index is 449. The Kier molecular flexibility index (Phi) is 1.92.